The first-order valence-corrected chi connectivity index (χ1v) is 16.6. The molecule has 0 unspecified atom stereocenters. The van der Waals surface area contributed by atoms with E-state index in [9.17, 15) is 4.79 Å². The number of amides is 1. The molecule has 4 rings (SSSR count). The van der Waals surface area contributed by atoms with E-state index in [0.29, 0.717) is 13.0 Å². The summed E-state index contributed by atoms with van der Waals surface area (Å²) in [5, 5.41) is 0. The van der Waals surface area contributed by atoms with Gasteiger partial charge in [-0.15, -0.1) is 0 Å². The lowest BCUT2D eigenvalue weighted by Gasteiger charge is -2.18. The van der Waals surface area contributed by atoms with E-state index in [1.54, 1.807) is 7.11 Å². The number of fused-ring (bicyclic) bond motifs is 1. The molecule has 1 fully saturated rings. The molecule has 5 heteroatoms. The number of para-hydroxylation sites is 2. The number of ether oxygens (including phenoxy) is 1. The smallest absolute Gasteiger partial charge is 0.227 e. The molecule has 1 atom stereocenters. The monoisotopic (exact) mass is 559 g/mol. The Morgan fingerprint density at radius 3 is 1.90 bits per heavy atom. The van der Waals surface area contributed by atoms with Crippen LogP contribution in [0.4, 0.5) is 5.69 Å². The van der Waals surface area contributed by atoms with Crippen LogP contribution < -0.4 is 9.64 Å². The Kier molecular flexibility index (Phi) is 13.1. The number of rotatable bonds is 20. The summed E-state index contributed by atoms with van der Waals surface area (Å²) in [7, 11) is 1.66. The van der Waals surface area contributed by atoms with E-state index < -0.39 is 0 Å². The highest BCUT2D eigenvalue weighted by atomic mass is 16.5. The van der Waals surface area contributed by atoms with Gasteiger partial charge in [0, 0.05) is 31.1 Å². The average Bonchev–Trinajstić information content (AvgIpc) is 3.57. The number of methoxy groups -OCH3 is 1. The van der Waals surface area contributed by atoms with Crippen molar-refractivity contribution in [2.45, 2.75) is 129 Å². The molecule has 1 aromatic heterocycles. The van der Waals surface area contributed by atoms with Crippen LogP contribution in [0.5, 0.6) is 5.75 Å². The third kappa shape index (κ3) is 9.34. The van der Waals surface area contributed by atoms with Crippen LogP contribution in [0.25, 0.3) is 11.0 Å². The summed E-state index contributed by atoms with van der Waals surface area (Å²) in [6, 6.07) is 16.2. The fraction of sp³-hybridized carbons (Fsp3) is 0.611. The highest BCUT2D eigenvalue weighted by molar-refractivity contribution is 5.96. The van der Waals surface area contributed by atoms with Gasteiger partial charge in [0.2, 0.25) is 5.91 Å². The zero-order chi connectivity index (χ0) is 28.7. The SMILES string of the molecule is CCCCCCCCCCCCCCCCCCn1c([C@@H]2CC(=O)N(c3ccc(OC)cc3)C2)nc2ccccc21. The van der Waals surface area contributed by atoms with Gasteiger partial charge in [-0.2, -0.15) is 0 Å². The number of carbonyl (C=O) groups is 1. The minimum Gasteiger partial charge on any atom is -0.497 e. The Balaban J connectivity index is 1.17. The lowest BCUT2D eigenvalue weighted by Crippen LogP contribution is -2.24. The zero-order valence-electron chi connectivity index (χ0n) is 25.8. The Morgan fingerprint density at radius 1 is 0.756 bits per heavy atom. The molecule has 0 radical (unpaired) electrons. The molecule has 2 heterocycles. The summed E-state index contributed by atoms with van der Waals surface area (Å²) < 4.78 is 7.69. The Hall–Kier alpha value is -2.82. The first kappa shape index (κ1) is 31.1. The first-order valence-electron chi connectivity index (χ1n) is 16.6. The number of aromatic nitrogens is 2. The lowest BCUT2D eigenvalue weighted by molar-refractivity contribution is -0.117. The summed E-state index contributed by atoms with van der Waals surface area (Å²) in [5.74, 6) is 2.15. The normalized spacial score (nSPS) is 15.3. The predicted octanol–water partition coefficient (Wildman–Crippen LogP) is 9.83. The fourth-order valence-electron chi connectivity index (χ4n) is 6.35. The molecule has 2 aromatic carbocycles. The second kappa shape index (κ2) is 17.2. The average molecular weight is 560 g/mol. The number of imidazole rings is 1. The summed E-state index contributed by atoms with van der Waals surface area (Å²) in [4.78, 5) is 20.0. The quantitative estimate of drug-likeness (QED) is 0.129. The standard InChI is InChI=1S/C36H53N3O2/c1-3-4-5-6-7-8-9-10-11-12-13-14-15-16-17-20-27-38-34-22-19-18-21-33(34)37-36(38)30-28-35(40)39(29-30)31-23-25-32(41-2)26-24-31/h18-19,21-26,30H,3-17,20,27-29H2,1-2H3/t30-/m1/s1. The Morgan fingerprint density at radius 2 is 1.32 bits per heavy atom. The molecule has 1 aliphatic heterocycles. The van der Waals surface area contributed by atoms with Crippen molar-refractivity contribution in [2.75, 3.05) is 18.6 Å². The highest BCUT2D eigenvalue weighted by Gasteiger charge is 2.34. The van der Waals surface area contributed by atoms with Crippen LogP contribution >= 0.6 is 0 Å². The minimum atomic E-state index is 0.109. The molecule has 0 spiro atoms. The number of benzene rings is 2. The maximum absolute atomic E-state index is 13.0. The van der Waals surface area contributed by atoms with Crippen molar-refractivity contribution in [1.82, 2.24) is 9.55 Å². The molecule has 0 aliphatic carbocycles. The van der Waals surface area contributed by atoms with Crippen LogP contribution in [0, 0.1) is 0 Å². The third-order valence-electron chi connectivity index (χ3n) is 8.79. The van der Waals surface area contributed by atoms with Crippen LogP contribution in [0.15, 0.2) is 48.5 Å². The molecule has 1 amide bonds. The number of aryl methyl sites for hydroxylation is 1. The number of carbonyl (C=O) groups excluding carboxylic acids is 1. The maximum Gasteiger partial charge on any atom is 0.227 e. The largest absolute Gasteiger partial charge is 0.497 e. The number of unbranched alkanes of at least 4 members (excludes halogenated alkanes) is 15. The predicted molar refractivity (Wildman–Crippen MR) is 172 cm³/mol. The van der Waals surface area contributed by atoms with Gasteiger partial charge in [-0.1, -0.05) is 115 Å². The molecule has 5 nitrogen and oxygen atoms in total. The van der Waals surface area contributed by atoms with Crippen molar-refractivity contribution >= 4 is 22.6 Å². The van der Waals surface area contributed by atoms with E-state index >= 15 is 0 Å². The van der Waals surface area contributed by atoms with Crippen LogP contribution in [0.1, 0.15) is 128 Å². The highest BCUT2D eigenvalue weighted by Crippen LogP contribution is 2.34. The molecular weight excluding hydrogens is 506 g/mol. The van der Waals surface area contributed by atoms with Gasteiger partial charge in [0.1, 0.15) is 11.6 Å². The van der Waals surface area contributed by atoms with Crippen molar-refractivity contribution < 1.29 is 9.53 Å². The van der Waals surface area contributed by atoms with Gasteiger partial charge in [0.05, 0.1) is 18.1 Å². The molecule has 41 heavy (non-hydrogen) atoms. The van der Waals surface area contributed by atoms with Gasteiger partial charge >= 0.3 is 0 Å². The van der Waals surface area contributed by atoms with Crippen molar-refractivity contribution in [1.29, 1.82) is 0 Å². The molecule has 224 valence electrons. The minimum absolute atomic E-state index is 0.109. The van der Waals surface area contributed by atoms with E-state index in [0.717, 1.165) is 35.7 Å². The Labute approximate surface area is 248 Å². The van der Waals surface area contributed by atoms with E-state index in [-0.39, 0.29) is 11.8 Å². The van der Waals surface area contributed by atoms with E-state index in [4.69, 9.17) is 9.72 Å². The second-order valence-corrected chi connectivity index (χ2v) is 12.0. The van der Waals surface area contributed by atoms with Gasteiger partial charge in [0.15, 0.2) is 0 Å². The third-order valence-corrected chi connectivity index (χ3v) is 8.79. The molecular formula is C36H53N3O2. The van der Waals surface area contributed by atoms with Gasteiger partial charge in [-0.25, -0.2) is 4.98 Å². The number of hydrogen-bond donors (Lipinski definition) is 0. The molecule has 1 aliphatic rings. The van der Waals surface area contributed by atoms with Crippen LogP contribution in [-0.4, -0.2) is 29.1 Å². The molecule has 1 saturated heterocycles. The molecule has 0 saturated carbocycles. The number of nitrogens with zero attached hydrogens (tertiary/aromatic N) is 3. The fourth-order valence-corrected chi connectivity index (χ4v) is 6.35. The number of anilines is 1. The van der Waals surface area contributed by atoms with Crippen molar-refractivity contribution in [3.8, 4) is 5.75 Å². The van der Waals surface area contributed by atoms with Crippen LogP contribution in [0.2, 0.25) is 0 Å². The summed E-state index contributed by atoms with van der Waals surface area (Å²) >= 11 is 0. The van der Waals surface area contributed by atoms with Gasteiger partial charge < -0.3 is 14.2 Å². The topological polar surface area (TPSA) is 47.4 Å². The van der Waals surface area contributed by atoms with Crippen LogP contribution in [0.3, 0.4) is 0 Å². The maximum atomic E-state index is 13.0. The molecule has 3 aromatic rings. The van der Waals surface area contributed by atoms with Crippen molar-refractivity contribution in [3.05, 3.63) is 54.4 Å². The summed E-state index contributed by atoms with van der Waals surface area (Å²) in [5.41, 5.74) is 3.16. The Bertz CT molecular complexity index is 1170. The van der Waals surface area contributed by atoms with Gasteiger partial charge in [-0.3, -0.25) is 4.79 Å². The summed E-state index contributed by atoms with van der Waals surface area (Å²) in [6.45, 7) is 3.94. The van der Waals surface area contributed by atoms with Crippen molar-refractivity contribution in [2.24, 2.45) is 0 Å². The van der Waals surface area contributed by atoms with Crippen molar-refractivity contribution in [3.63, 3.8) is 0 Å². The molecule has 0 bridgehead atoms. The summed E-state index contributed by atoms with van der Waals surface area (Å²) in [6.07, 6.45) is 22.6. The first-order chi connectivity index (χ1) is 20.2. The van der Waals surface area contributed by atoms with Gasteiger partial charge in [0.25, 0.3) is 0 Å². The van der Waals surface area contributed by atoms with Crippen LogP contribution in [-0.2, 0) is 11.3 Å². The zero-order valence-corrected chi connectivity index (χ0v) is 25.8. The number of hydrogen-bond acceptors (Lipinski definition) is 3. The van der Waals surface area contributed by atoms with Gasteiger partial charge in [-0.05, 0) is 42.8 Å². The lowest BCUT2D eigenvalue weighted by atomic mass is 10.0. The second-order valence-electron chi connectivity index (χ2n) is 12.0. The van der Waals surface area contributed by atoms with E-state index in [1.807, 2.05) is 29.2 Å². The van der Waals surface area contributed by atoms with E-state index in [1.165, 1.54) is 102 Å². The van der Waals surface area contributed by atoms with E-state index in [2.05, 4.69) is 35.8 Å². The molecule has 0 N–H and O–H groups in total.